The van der Waals surface area contributed by atoms with E-state index >= 15 is 0 Å². The molecule has 2 aliphatic rings. The van der Waals surface area contributed by atoms with E-state index in [0.717, 1.165) is 44.1 Å². The summed E-state index contributed by atoms with van der Waals surface area (Å²) >= 11 is 0. The number of carbonyl (C=O) groups is 1. The molecule has 11 heteroatoms. The van der Waals surface area contributed by atoms with Crippen molar-refractivity contribution in [1.29, 1.82) is 0 Å². The van der Waals surface area contributed by atoms with Crippen molar-refractivity contribution >= 4 is 29.7 Å². The number of amides is 1. The maximum atomic E-state index is 12.5. The number of nitrogens with one attached hydrogen (secondary N) is 2. The number of piperidine rings is 1. The Morgan fingerprint density at radius 1 is 1.24 bits per heavy atom. The van der Waals surface area contributed by atoms with Gasteiger partial charge in [-0.3, -0.25) is 14.9 Å². The molecule has 1 saturated heterocycles. The van der Waals surface area contributed by atoms with Crippen molar-refractivity contribution in [1.82, 2.24) is 25.0 Å². The number of nitrogens with zero attached hydrogens (tertiary/aromatic N) is 5. The van der Waals surface area contributed by atoms with Crippen LogP contribution in [0.3, 0.4) is 0 Å². The van der Waals surface area contributed by atoms with Crippen LogP contribution in [0.2, 0.25) is 0 Å². The minimum absolute atomic E-state index is 0. The number of anilines is 1. The molecule has 2 aromatic rings. The fourth-order valence-corrected chi connectivity index (χ4v) is 3.87. The van der Waals surface area contributed by atoms with Crippen LogP contribution in [0.25, 0.3) is 0 Å². The fraction of sp³-hybridized carbons (Fsp3) is 0.500. The Morgan fingerprint density at radius 3 is 2.76 bits per heavy atom. The van der Waals surface area contributed by atoms with Gasteiger partial charge in [0.25, 0.3) is 5.69 Å². The molecule has 1 amide bonds. The second-order valence-corrected chi connectivity index (χ2v) is 7.09. The molecule has 1 aromatic carbocycles. The summed E-state index contributed by atoms with van der Waals surface area (Å²) in [6.45, 7) is 3.91. The van der Waals surface area contributed by atoms with E-state index in [1.165, 1.54) is 6.07 Å². The molecule has 0 bridgehead atoms. The Kier molecular flexibility index (Phi) is 6.65. The average molecular weight is 422 g/mol. The van der Waals surface area contributed by atoms with Crippen LogP contribution in [-0.4, -0.2) is 56.7 Å². The van der Waals surface area contributed by atoms with Gasteiger partial charge in [-0.25, -0.2) is 0 Å². The molecule has 1 fully saturated rings. The van der Waals surface area contributed by atoms with Gasteiger partial charge in [0, 0.05) is 38.2 Å². The van der Waals surface area contributed by atoms with Gasteiger partial charge in [-0.1, -0.05) is 12.1 Å². The molecule has 1 aromatic heterocycles. The van der Waals surface area contributed by atoms with Gasteiger partial charge < -0.3 is 20.1 Å². The Hall–Kier alpha value is -2.72. The number of para-hydroxylation sites is 2. The number of halogens is 1. The summed E-state index contributed by atoms with van der Waals surface area (Å²) in [6, 6.07) is 6.35. The first-order chi connectivity index (χ1) is 13.6. The highest BCUT2D eigenvalue weighted by Gasteiger charge is 2.28. The van der Waals surface area contributed by atoms with E-state index in [1.807, 2.05) is 4.90 Å². The Labute approximate surface area is 174 Å². The van der Waals surface area contributed by atoms with Gasteiger partial charge in [-0.15, -0.1) is 22.6 Å². The average Bonchev–Trinajstić information content (AvgIpc) is 3.16. The molecule has 156 valence electrons. The number of nitro benzene ring substituents is 1. The monoisotopic (exact) mass is 421 g/mol. The summed E-state index contributed by atoms with van der Waals surface area (Å²) in [4.78, 5) is 25.0. The van der Waals surface area contributed by atoms with E-state index in [9.17, 15) is 14.9 Å². The first-order valence-corrected chi connectivity index (χ1v) is 9.51. The molecule has 0 unspecified atom stereocenters. The van der Waals surface area contributed by atoms with Crippen LogP contribution >= 0.6 is 12.4 Å². The predicted octanol–water partition coefficient (Wildman–Crippen LogP) is 1.53. The summed E-state index contributed by atoms with van der Waals surface area (Å²) in [7, 11) is 0. The Morgan fingerprint density at radius 2 is 2.00 bits per heavy atom. The van der Waals surface area contributed by atoms with Crippen LogP contribution in [-0.2, 0) is 17.9 Å². The van der Waals surface area contributed by atoms with E-state index in [1.54, 1.807) is 18.2 Å². The van der Waals surface area contributed by atoms with Gasteiger partial charge in [-0.2, -0.15) is 0 Å². The van der Waals surface area contributed by atoms with Crippen LogP contribution in [0.5, 0.6) is 0 Å². The molecular formula is C18H24ClN7O3. The van der Waals surface area contributed by atoms with Gasteiger partial charge in [0.1, 0.15) is 17.3 Å². The number of hydrogen-bond acceptors (Lipinski definition) is 7. The summed E-state index contributed by atoms with van der Waals surface area (Å²) in [5, 5.41) is 25.9. The summed E-state index contributed by atoms with van der Waals surface area (Å²) in [6.07, 6.45) is 1.70. The van der Waals surface area contributed by atoms with E-state index in [-0.39, 0.29) is 30.5 Å². The van der Waals surface area contributed by atoms with Gasteiger partial charge >= 0.3 is 0 Å². The highest BCUT2D eigenvalue weighted by molar-refractivity contribution is 5.85. The number of nitro groups is 1. The third kappa shape index (κ3) is 4.48. The number of carbonyl (C=O) groups excluding carboxylic acids is 1. The maximum Gasteiger partial charge on any atom is 0.292 e. The first-order valence-electron chi connectivity index (χ1n) is 9.51. The SMILES string of the molecule is Cl.O=C(CNc1ccccc1[N+](=O)[O-])N1CCC(c2nnc3n2CCNC3)CC1. The Bertz CT molecular complexity index is 880. The zero-order valence-corrected chi connectivity index (χ0v) is 16.7. The normalized spacial score (nSPS) is 16.6. The third-order valence-electron chi connectivity index (χ3n) is 5.39. The molecule has 0 atom stereocenters. The quantitative estimate of drug-likeness (QED) is 0.555. The lowest BCUT2D eigenvalue weighted by Crippen LogP contribution is -2.41. The second-order valence-electron chi connectivity index (χ2n) is 7.09. The van der Waals surface area contributed by atoms with Crippen molar-refractivity contribution in [3.05, 3.63) is 46.0 Å². The van der Waals surface area contributed by atoms with Crippen LogP contribution in [0.4, 0.5) is 11.4 Å². The number of aromatic nitrogens is 3. The molecule has 0 saturated carbocycles. The standard InChI is InChI=1S/C18H23N7O3.ClH/c26-17(12-20-14-3-1-2-4-15(14)25(27)28)23-8-5-13(6-9-23)18-22-21-16-11-19-7-10-24(16)18;/h1-4,13,19-20H,5-12H2;1H. The van der Waals surface area contributed by atoms with Gasteiger partial charge in [0.05, 0.1) is 18.0 Å². The van der Waals surface area contributed by atoms with Crippen LogP contribution in [0.1, 0.15) is 30.4 Å². The molecular weight excluding hydrogens is 398 g/mol. The molecule has 2 N–H and O–H groups in total. The van der Waals surface area contributed by atoms with Crippen molar-refractivity contribution in [2.75, 3.05) is 31.5 Å². The number of rotatable bonds is 5. The van der Waals surface area contributed by atoms with Crippen molar-refractivity contribution in [3.63, 3.8) is 0 Å². The minimum atomic E-state index is -0.451. The molecule has 10 nitrogen and oxygen atoms in total. The summed E-state index contributed by atoms with van der Waals surface area (Å²) in [5.41, 5.74) is 0.333. The lowest BCUT2D eigenvalue weighted by atomic mass is 9.95. The van der Waals surface area contributed by atoms with Gasteiger partial charge in [0.2, 0.25) is 5.91 Å². The van der Waals surface area contributed by atoms with Crippen molar-refractivity contribution in [2.45, 2.75) is 31.8 Å². The molecule has 29 heavy (non-hydrogen) atoms. The molecule has 2 aliphatic heterocycles. The van der Waals surface area contributed by atoms with Crippen molar-refractivity contribution in [3.8, 4) is 0 Å². The maximum absolute atomic E-state index is 12.5. The first kappa shape index (κ1) is 21.0. The van der Waals surface area contributed by atoms with E-state index in [0.29, 0.717) is 24.7 Å². The highest BCUT2D eigenvalue weighted by Crippen LogP contribution is 2.28. The van der Waals surface area contributed by atoms with Crippen LogP contribution in [0.15, 0.2) is 24.3 Å². The van der Waals surface area contributed by atoms with Gasteiger partial charge in [0.15, 0.2) is 0 Å². The predicted molar refractivity (Wildman–Crippen MR) is 109 cm³/mol. The lowest BCUT2D eigenvalue weighted by molar-refractivity contribution is -0.383. The van der Waals surface area contributed by atoms with E-state index in [2.05, 4.69) is 25.4 Å². The highest BCUT2D eigenvalue weighted by atomic mass is 35.5. The van der Waals surface area contributed by atoms with E-state index in [4.69, 9.17) is 0 Å². The topological polar surface area (TPSA) is 118 Å². The largest absolute Gasteiger partial charge is 0.371 e. The summed E-state index contributed by atoms with van der Waals surface area (Å²) in [5.74, 6) is 2.27. The zero-order valence-electron chi connectivity index (χ0n) is 15.9. The van der Waals surface area contributed by atoms with Crippen molar-refractivity contribution < 1.29 is 9.72 Å². The minimum Gasteiger partial charge on any atom is -0.371 e. The molecule has 0 spiro atoms. The smallest absolute Gasteiger partial charge is 0.292 e. The van der Waals surface area contributed by atoms with Crippen LogP contribution < -0.4 is 10.6 Å². The van der Waals surface area contributed by atoms with Crippen LogP contribution in [0, 0.1) is 10.1 Å². The van der Waals surface area contributed by atoms with E-state index < -0.39 is 4.92 Å². The second kappa shape index (κ2) is 9.19. The van der Waals surface area contributed by atoms with Gasteiger partial charge in [-0.05, 0) is 18.9 Å². The third-order valence-corrected chi connectivity index (χ3v) is 5.39. The van der Waals surface area contributed by atoms with Crippen molar-refractivity contribution in [2.24, 2.45) is 0 Å². The molecule has 0 aliphatic carbocycles. The lowest BCUT2D eigenvalue weighted by Gasteiger charge is -2.32. The number of hydrogen-bond donors (Lipinski definition) is 2. The fourth-order valence-electron chi connectivity index (χ4n) is 3.87. The molecule has 4 rings (SSSR count). The Balaban J connectivity index is 0.00000240. The number of likely N-dealkylation sites (tertiary alicyclic amines) is 1. The molecule has 3 heterocycles. The summed E-state index contributed by atoms with van der Waals surface area (Å²) < 4.78 is 2.20. The molecule has 0 radical (unpaired) electrons. The number of fused-ring (bicyclic) bond motifs is 1. The zero-order chi connectivity index (χ0) is 19.5. The number of benzene rings is 1.